The molecule has 0 saturated heterocycles. The maximum absolute atomic E-state index is 11.8. The van der Waals surface area contributed by atoms with Crippen LogP contribution in [0.25, 0.3) is 0 Å². The average Bonchev–Trinajstić information content (AvgIpc) is 3.22. The molecule has 6 rings (SSSR count). The van der Waals surface area contributed by atoms with Crippen LogP contribution in [0.2, 0.25) is 0 Å². The molecule has 5 nitrogen and oxygen atoms in total. The Morgan fingerprint density at radius 3 is 2.21 bits per heavy atom. The number of hydrogen-bond acceptors (Lipinski definition) is 4. The Hall–Kier alpha value is -1.37. The molecule has 6 heteroatoms. The average molecular weight is 613 g/mol. The van der Waals surface area contributed by atoms with Crippen molar-refractivity contribution in [1.29, 1.82) is 0 Å². The number of benzene rings is 1. The van der Waals surface area contributed by atoms with Crippen molar-refractivity contribution in [3.63, 3.8) is 0 Å². The summed E-state index contributed by atoms with van der Waals surface area (Å²) in [4.78, 5) is 0. The third-order valence-electron chi connectivity index (χ3n) is 14.8. The molecule has 0 spiro atoms. The first-order chi connectivity index (χ1) is 19.9. The summed E-state index contributed by atoms with van der Waals surface area (Å²) in [6.45, 7) is 19.3. The normalized spacial score (nSPS) is 43.6. The second-order valence-corrected chi connectivity index (χ2v) is 18.3. The van der Waals surface area contributed by atoms with E-state index in [1.54, 1.807) is 11.6 Å². The molecule has 240 valence electrons. The van der Waals surface area contributed by atoms with Gasteiger partial charge in [-0.1, -0.05) is 59.3 Å². The van der Waals surface area contributed by atoms with Crippen molar-refractivity contribution in [3.05, 3.63) is 40.5 Å². The lowest BCUT2D eigenvalue weighted by Crippen LogP contribution is -2.63. The zero-order chi connectivity index (χ0) is 31.4. The molecule has 9 atom stereocenters. The molecule has 0 heterocycles. The number of aryl methyl sites for hydroxylation is 1. The fourth-order valence-electron chi connectivity index (χ4n) is 12.7. The van der Waals surface area contributed by atoms with Crippen LogP contribution in [-0.4, -0.2) is 24.2 Å². The first-order valence-corrected chi connectivity index (χ1v) is 18.4. The van der Waals surface area contributed by atoms with Crippen LogP contribution in [0.15, 0.2) is 23.8 Å². The maximum Gasteiger partial charge on any atom is 0.446 e. The molecule has 43 heavy (non-hydrogen) atoms. The Kier molecular flexibility index (Phi) is 7.40. The topological polar surface area (TPSA) is 83.8 Å². The number of allylic oxidation sites excluding steroid dienone is 2. The number of aliphatic hydroxyl groups is 1. The summed E-state index contributed by atoms with van der Waals surface area (Å²) in [5.74, 6) is 2.30. The van der Waals surface area contributed by atoms with Gasteiger partial charge in [0.2, 0.25) is 0 Å². The predicted molar refractivity (Wildman–Crippen MR) is 172 cm³/mol. The van der Waals surface area contributed by atoms with E-state index in [1.807, 2.05) is 6.07 Å². The van der Waals surface area contributed by atoms with Gasteiger partial charge in [0.1, 0.15) is 5.75 Å². The summed E-state index contributed by atoms with van der Waals surface area (Å²) >= 11 is 0. The maximum atomic E-state index is 11.8. The third-order valence-corrected chi connectivity index (χ3v) is 15.2. The molecule has 0 unspecified atom stereocenters. The minimum Gasteiger partial charge on any atom is -0.393 e. The van der Waals surface area contributed by atoms with Crippen LogP contribution in [0.3, 0.4) is 0 Å². The Bertz CT molecular complexity index is 1430. The van der Waals surface area contributed by atoms with Crippen molar-refractivity contribution in [2.75, 3.05) is 0 Å². The Morgan fingerprint density at radius 2 is 1.53 bits per heavy atom. The van der Waals surface area contributed by atoms with Crippen molar-refractivity contribution in [2.45, 2.75) is 138 Å². The third kappa shape index (κ3) is 4.70. The largest absolute Gasteiger partial charge is 0.446 e. The van der Waals surface area contributed by atoms with Crippen LogP contribution < -0.4 is 4.18 Å². The molecular weight excluding hydrogens is 556 g/mol. The highest BCUT2D eigenvalue weighted by molar-refractivity contribution is 7.81. The van der Waals surface area contributed by atoms with Crippen LogP contribution in [0.5, 0.6) is 5.75 Å². The molecule has 0 amide bonds. The summed E-state index contributed by atoms with van der Waals surface area (Å²) in [6, 6.07) is 3.68. The minimum atomic E-state index is -4.60. The van der Waals surface area contributed by atoms with E-state index < -0.39 is 10.4 Å². The highest BCUT2D eigenvalue weighted by atomic mass is 32.3. The molecule has 0 bridgehead atoms. The van der Waals surface area contributed by atoms with E-state index in [0.717, 1.165) is 63.4 Å². The lowest BCUT2D eigenvalue weighted by molar-refractivity contribution is -0.208. The van der Waals surface area contributed by atoms with Gasteiger partial charge in [-0.3, -0.25) is 4.55 Å². The zero-order valence-corrected chi connectivity index (χ0v) is 28.7. The van der Waals surface area contributed by atoms with Crippen LogP contribution in [0.4, 0.5) is 0 Å². The smallest absolute Gasteiger partial charge is 0.393 e. The molecule has 5 aliphatic rings. The zero-order valence-electron chi connectivity index (χ0n) is 27.9. The molecule has 0 aromatic heterocycles. The van der Waals surface area contributed by atoms with Gasteiger partial charge in [0.25, 0.3) is 0 Å². The van der Waals surface area contributed by atoms with E-state index in [9.17, 15) is 18.1 Å². The minimum absolute atomic E-state index is 0.0552. The lowest BCUT2D eigenvalue weighted by atomic mass is 9.36. The summed E-state index contributed by atoms with van der Waals surface area (Å²) < 4.78 is 38.3. The summed E-state index contributed by atoms with van der Waals surface area (Å²) in [6.07, 6.45) is 14.1. The van der Waals surface area contributed by atoms with Crippen molar-refractivity contribution < 1.29 is 22.3 Å². The lowest BCUT2D eigenvalue weighted by Gasteiger charge is -2.68. The van der Waals surface area contributed by atoms with E-state index in [1.165, 1.54) is 24.0 Å². The van der Waals surface area contributed by atoms with Crippen LogP contribution in [0, 0.1) is 52.3 Å². The van der Waals surface area contributed by atoms with E-state index in [2.05, 4.69) is 61.5 Å². The Balaban J connectivity index is 1.32. The van der Waals surface area contributed by atoms with Crippen molar-refractivity contribution in [1.82, 2.24) is 0 Å². The van der Waals surface area contributed by atoms with Gasteiger partial charge >= 0.3 is 10.4 Å². The summed E-state index contributed by atoms with van der Waals surface area (Å²) in [7, 11) is -4.60. The molecular formula is C37H56O5S. The van der Waals surface area contributed by atoms with Gasteiger partial charge in [-0.2, -0.15) is 8.42 Å². The van der Waals surface area contributed by atoms with Gasteiger partial charge in [0, 0.05) is 5.56 Å². The Morgan fingerprint density at radius 1 is 0.884 bits per heavy atom. The van der Waals surface area contributed by atoms with Crippen LogP contribution in [0.1, 0.15) is 129 Å². The van der Waals surface area contributed by atoms with Crippen molar-refractivity contribution in [3.8, 4) is 5.75 Å². The fraction of sp³-hybridized carbons (Fsp3) is 0.784. The summed E-state index contributed by atoms with van der Waals surface area (Å²) in [5.41, 5.74) is 5.38. The van der Waals surface area contributed by atoms with E-state index >= 15 is 0 Å². The van der Waals surface area contributed by atoms with Gasteiger partial charge in [-0.05, 0) is 152 Å². The van der Waals surface area contributed by atoms with E-state index in [-0.39, 0.29) is 27.8 Å². The quantitative estimate of drug-likeness (QED) is 0.257. The van der Waals surface area contributed by atoms with Crippen LogP contribution in [-0.2, 0) is 22.2 Å². The first kappa shape index (κ1) is 31.6. The molecule has 2 N–H and O–H groups in total. The van der Waals surface area contributed by atoms with Crippen molar-refractivity contribution in [2.24, 2.45) is 45.3 Å². The van der Waals surface area contributed by atoms with Crippen molar-refractivity contribution >= 4 is 10.4 Å². The molecule has 1 aromatic rings. The van der Waals surface area contributed by atoms with E-state index in [0.29, 0.717) is 34.8 Å². The molecule has 3 saturated carbocycles. The number of hydrogen-bond donors (Lipinski definition) is 2. The standard InChI is InChI=1S/C37H56O5S/c1-23-10-9-17-33(3,4)26(23)13-18-36(7)29-14-19-35(6)28(34(29,5)21-16-31(36)38)15-20-37(8)30(35)22-25-27(42-43(39,40)41)12-11-24(2)32(25)37/h10-12,26,28-31,38H,9,13-22H2,1-8H3,(H,39,40,41)/t26-,28-,29-,30+,31+,34-,35-,36+,37+/m1/s1. The first-order valence-electron chi connectivity index (χ1n) is 17.0. The van der Waals surface area contributed by atoms with Crippen LogP contribution >= 0.6 is 0 Å². The molecule has 3 fully saturated rings. The Labute approximate surface area is 261 Å². The number of fused-ring (bicyclic) bond motifs is 7. The van der Waals surface area contributed by atoms with Gasteiger partial charge < -0.3 is 9.29 Å². The molecule has 5 aliphatic carbocycles. The van der Waals surface area contributed by atoms with Gasteiger partial charge in [0.15, 0.2) is 0 Å². The highest BCUT2D eigenvalue weighted by Gasteiger charge is 2.67. The highest BCUT2D eigenvalue weighted by Crippen LogP contribution is 2.73. The van der Waals surface area contributed by atoms with Gasteiger partial charge in [-0.25, -0.2) is 0 Å². The monoisotopic (exact) mass is 612 g/mol. The molecule has 0 aliphatic heterocycles. The van der Waals surface area contributed by atoms with Gasteiger partial charge in [0.05, 0.1) is 6.10 Å². The second kappa shape index (κ2) is 10.1. The second-order valence-electron chi connectivity index (χ2n) is 17.2. The molecule has 1 aromatic carbocycles. The van der Waals surface area contributed by atoms with E-state index in [4.69, 9.17) is 4.18 Å². The summed E-state index contributed by atoms with van der Waals surface area (Å²) in [5, 5.41) is 11.7. The fourth-order valence-corrected chi connectivity index (χ4v) is 13.1. The molecule has 0 radical (unpaired) electrons. The van der Waals surface area contributed by atoms with Gasteiger partial charge in [-0.15, -0.1) is 0 Å². The number of aliphatic hydroxyl groups excluding tert-OH is 1. The predicted octanol–water partition coefficient (Wildman–Crippen LogP) is 8.76. The SMILES string of the molecule is CC1=CCCC(C)(C)[C@@H]1CC[C@@]1(C)[C@@H]2CC[C@]3(C)[C@H](CC[C@]4(C)c5c(C)ccc(OS(=O)(=O)O)c5C[C@@H]34)[C@@]2(C)CC[C@@H]1O. The number of rotatable bonds is 5.